The van der Waals surface area contributed by atoms with E-state index in [0.29, 0.717) is 0 Å². The van der Waals surface area contributed by atoms with Crippen molar-refractivity contribution in [2.24, 2.45) is 0 Å². The van der Waals surface area contributed by atoms with Crippen LogP contribution in [0.15, 0.2) is 30.6 Å². The van der Waals surface area contributed by atoms with Gasteiger partial charge in [0, 0.05) is 31.2 Å². The third-order valence-corrected chi connectivity index (χ3v) is 3.65. The molecule has 1 aliphatic rings. The van der Waals surface area contributed by atoms with Crippen LogP contribution in [-0.4, -0.2) is 23.6 Å². The summed E-state index contributed by atoms with van der Waals surface area (Å²) in [5.41, 5.74) is 2.66. The van der Waals surface area contributed by atoms with Crippen molar-refractivity contribution in [3.8, 4) is 0 Å². The zero-order valence-corrected chi connectivity index (χ0v) is 11.5. The van der Waals surface area contributed by atoms with Gasteiger partial charge in [0.15, 0.2) is 0 Å². The largest absolute Gasteiger partial charge is 0.373 e. The van der Waals surface area contributed by atoms with Gasteiger partial charge >= 0.3 is 0 Å². The minimum Gasteiger partial charge on any atom is -0.373 e. The van der Waals surface area contributed by atoms with Crippen molar-refractivity contribution < 1.29 is 0 Å². The van der Waals surface area contributed by atoms with E-state index in [0.717, 1.165) is 36.2 Å². The highest BCUT2D eigenvalue weighted by atomic mass is 35.5. The molecule has 1 N–H and O–H groups in total. The summed E-state index contributed by atoms with van der Waals surface area (Å²) >= 11 is 6.03. The van der Waals surface area contributed by atoms with Gasteiger partial charge in [-0.2, -0.15) is 0 Å². The molecule has 0 bridgehead atoms. The van der Waals surface area contributed by atoms with Gasteiger partial charge in [-0.05, 0) is 29.7 Å². The molecule has 19 heavy (non-hydrogen) atoms. The lowest BCUT2D eigenvalue weighted by Crippen LogP contribution is -2.31. The molecule has 0 fully saturated rings. The first-order valence-electron chi connectivity index (χ1n) is 6.28. The predicted molar refractivity (Wildman–Crippen MR) is 77.8 cm³/mol. The molecule has 98 valence electrons. The number of aromatic nitrogens is 2. The summed E-state index contributed by atoms with van der Waals surface area (Å²) in [6, 6.07) is 8.08. The van der Waals surface area contributed by atoms with Gasteiger partial charge in [0.2, 0.25) is 0 Å². The average Bonchev–Trinajstić information content (AvgIpc) is 2.46. The predicted octanol–water partition coefficient (Wildman–Crippen LogP) is 2.73. The zero-order chi connectivity index (χ0) is 13.2. The first-order chi connectivity index (χ1) is 9.26. The Morgan fingerprint density at radius 3 is 2.95 bits per heavy atom. The molecule has 5 heteroatoms. The highest BCUT2D eigenvalue weighted by molar-refractivity contribution is 6.30. The molecule has 4 nitrogen and oxygen atoms in total. The van der Waals surface area contributed by atoms with Gasteiger partial charge in [0.05, 0.1) is 0 Å². The molecule has 3 rings (SSSR count). The zero-order valence-electron chi connectivity index (χ0n) is 10.7. The van der Waals surface area contributed by atoms with Gasteiger partial charge in [-0.3, -0.25) is 0 Å². The lowest BCUT2D eigenvalue weighted by Gasteiger charge is -2.29. The van der Waals surface area contributed by atoms with Crippen LogP contribution in [0.4, 0.5) is 11.6 Å². The molecule has 2 aromatic rings. The van der Waals surface area contributed by atoms with Gasteiger partial charge in [0.1, 0.15) is 18.0 Å². The fourth-order valence-electron chi connectivity index (χ4n) is 2.37. The lowest BCUT2D eigenvalue weighted by molar-refractivity contribution is 0.719. The number of nitrogens with zero attached hydrogens (tertiary/aromatic N) is 3. The maximum absolute atomic E-state index is 6.03. The highest BCUT2D eigenvalue weighted by Crippen LogP contribution is 2.25. The van der Waals surface area contributed by atoms with Crippen molar-refractivity contribution in [2.75, 3.05) is 23.8 Å². The summed E-state index contributed by atoms with van der Waals surface area (Å²) in [5, 5.41) is 3.85. The molecule has 1 aromatic carbocycles. The summed E-state index contributed by atoms with van der Waals surface area (Å²) < 4.78 is 0. The third kappa shape index (κ3) is 2.49. The second-order valence-electron chi connectivity index (χ2n) is 4.60. The Hall–Kier alpha value is -1.81. The minimum absolute atomic E-state index is 0.812. The molecular formula is C14H15ClN4. The van der Waals surface area contributed by atoms with Gasteiger partial charge in [0.25, 0.3) is 0 Å². The SMILES string of the molecule is CNc1cc(N2CCc3cc(Cl)ccc3C2)ncn1. The Kier molecular flexibility index (Phi) is 3.25. The molecule has 1 aliphatic heterocycles. The Labute approximate surface area is 117 Å². The van der Waals surface area contributed by atoms with E-state index >= 15 is 0 Å². The van der Waals surface area contributed by atoms with Crippen LogP contribution in [0, 0.1) is 0 Å². The molecule has 0 amide bonds. The maximum atomic E-state index is 6.03. The molecule has 0 atom stereocenters. The molecule has 0 saturated heterocycles. The fraction of sp³-hybridized carbons (Fsp3) is 0.286. The van der Waals surface area contributed by atoms with E-state index in [1.165, 1.54) is 11.1 Å². The Morgan fingerprint density at radius 1 is 1.21 bits per heavy atom. The number of nitrogens with one attached hydrogen (secondary N) is 1. The van der Waals surface area contributed by atoms with Crippen LogP contribution in [-0.2, 0) is 13.0 Å². The van der Waals surface area contributed by atoms with Crippen LogP contribution in [0.25, 0.3) is 0 Å². The van der Waals surface area contributed by atoms with Crippen LogP contribution in [0.1, 0.15) is 11.1 Å². The molecule has 0 radical (unpaired) electrons. The number of anilines is 2. The number of benzene rings is 1. The second kappa shape index (κ2) is 5.05. The molecule has 0 aliphatic carbocycles. The molecule has 0 unspecified atom stereocenters. The highest BCUT2D eigenvalue weighted by Gasteiger charge is 2.17. The van der Waals surface area contributed by atoms with Crippen LogP contribution < -0.4 is 10.2 Å². The molecule has 1 aromatic heterocycles. The van der Waals surface area contributed by atoms with Crippen LogP contribution in [0.3, 0.4) is 0 Å². The van der Waals surface area contributed by atoms with Crippen molar-refractivity contribution in [1.82, 2.24) is 9.97 Å². The van der Waals surface area contributed by atoms with E-state index in [2.05, 4.69) is 32.3 Å². The van der Waals surface area contributed by atoms with Crippen molar-refractivity contribution in [3.63, 3.8) is 0 Å². The molecule has 0 spiro atoms. The topological polar surface area (TPSA) is 41.0 Å². The number of hydrogen-bond donors (Lipinski definition) is 1. The van der Waals surface area contributed by atoms with Gasteiger partial charge in [-0.1, -0.05) is 17.7 Å². The van der Waals surface area contributed by atoms with Crippen LogP contribution in [0.2, 0.25) is 5.02 Å². The Balaban J connectivity index is 1.86. The molecular weight excluding hydrogens is 260 g/mol. The van der Waals surface area contributed by atoms with E-state index in [1.54, 1.807) is 6.33 Å². The fourth-order valence-corrected chi connectivity index (χ4v) is 2.57. The third-order valence-electron chi connectivity index (χ3n) is 3.41. The monoisotopic (exact) mass is 274 g/mol. The summed E-state index contributed by atoms with van der Waals surface area (Å²) in [4.78, 5) is 10.8. The second-order valence-corrected chi connectivity index (χ2v) is 5.03. The normalized spacial score (nSPS) is 14.1. The summed E-state index contributed by atoms with van der Waals surface area (Å²) in [7, 11) is 1.86. The van der Waals surface area contributed by atoms with E-state index in [9.17, 15) is 0 Å². The van der Waals surface area contributed by atoms with Gasteiger partial charge in [-0.15, -0.1) is 0 Å². The summed E-state index contributed by atoms with van der Waals surface area (Å²) in [6.45, 7) is 1.82. The van der Waals surface area contributed by atoms with Gasteiger partial charge < -0.3 is 10.2 Å². The van der Waals surface area contributed by atoms with E-state index in [4.69, 9.17) is 11.6 Å². The maximum Gasteiger partial charge on any atom is 0.134 e. The molecule has 0 saturated carbocycles. The van der Waals surface area contributed by atoms with E-state index in [1.807, 2.05) is 19.2 Å². The standard InChI is InChI=1S/C14H15ClN4/c1-16-13-7-14(18-9-17-13)19-5-4-10-6-12(15)3-2-11(10)8-19/h2-3,6-7,9H,4-5,8H2,1H3,(H,16,17,18). The Bertz CT molecular complexity index is 600. The molecule has 2 heterocycles. The van der Waals surface area contributed by atoms with E-state index in [-0.39, 0.29) is 0 Å². The lowest BCUT2D eigenvalue weighted by atomic mass is 10.00. The average molecular weight is 275 g/mol. The number of fused-ring (bicyclic) bond motifs is 1. The van der Waals surface area contributed by atoms with Crippen molar-refractivity contribution in [2.45, 2.75) is 13.0 Å². The van der Waals surface area contributed by atoms with Crippen LogP contribution >= 0.6 is 11.6 Å². The first kappa shape index (κ1) is 12.2. The van der Waals surface area contributed by atoms with Crippen LogP contribution in [0.5, 0.6) is 0 Å². The number of halogens is 1. The number of rotatable bonds is 2. The van der Waals surface area contributed by atoms with Gasteiger partial charge in [-0.25, -0.2) is 9.97 Å². The van der Waals surface area contributed by atoms with E-state index < -0.39 is 0 Å². The van der Waals surface area contributed by atoms with Crippen molar-refractivity contribution in [1.29, 1.82) is 0 Å². The minimum atomic E-state index is 0.812. The quantitative estimate of drug-likeness (QED) is 0.914. The first-order valence-corrected chi connectivity index (χ1v) is 6.66. The smallest absolute Gasteiger partial charge is 0.134 e. The number of hydrogen-bond acceptors (Lipinski definition) is 4. The van der Waals surface area contributed by atoms with Crippen molar-refractivity contribution in [3.05, 3.63) is 46.7 Å². The summed E-state index contributed by atoms with van der Waals surface area (Å²) in [6.07, 6.45) is 2.59. The summed E-state index contributed by atoms with van der Waals surface area (Å²) in [5.74, 6) is 1.80. The van der Waals surface area contributed by atoms with Crippen molar-refractivity contribution >= 4 is 23.2 Å². The Morgan fingerprint density at radius 2 is 2.11 bits per heavy atom.